The van der Waals surface area contributed by atoms with Crippen LogP contribution in [0.1, 0.15) is 11.3 Å². The van der Waals surface area contributed by atoms with Crippen LogP contribution in [0, 0.1) is 5.82 Å². The highest BCUT2D eigenvalue weighted by atomic mass is 35.5. The Hall–Kier alpha value is -2.35. The maximum atomic E-state index is 13.0. The van der Waals surface area contributed by atoms with E-state index in [0.717, 1.165) is 30.0 Å². The van der Waals surface area contributed by atoms with Crippen molar-refractivity contribution in [1.29, 1.82) is 0 Å². The highest BCUT2D eigenvalue weighted by molar-refractivity contribution is 7.87. The van der Waals surface area contributed by atoms with E-state index in [1.54, 1.807) is 18.4 Å². The van der Waals surface area contributed by atoms with Gasteiger partial charge < -0.3 is 13.9 Å². The number of furan rings is 1. The van der Waals surface area contributed by atoms with E-state index >= 15 is 0 Å². The molecule has 1 heterocycles. The number of rotatable bonds is 7. The second kappa shape index (κ2) is 7.90. The van der Waals surface area contributed by atoms with Crippen molar-refractivity contribution in [2.75, 3.05) is 0 Å². The van der Waals surface area contributed by atoms with Crippen molar-refractivity contribution in [3.05, 3.63) is 83.0 Å². The minimum absolute atomic E-state index is 0.136. The van der Waals surface area contributed by atoms with Gasteiger partial charge in [-0.2, -0.15) is 8.42 Å². The third kappa shape index (κ3) is 4.63. The van der Waals surface area contributed by atoms with E-state index in [9.17, 15) is 12.8 Å². The van der Waals surface area contributed by atoms with E-state index in [-0.39, 0.29) is 10.6 Å². The third-order valence-corrected chi connectivity index (χ3v) is 5.00. The Kier molecular flexibility index (Phi) is 5.61. The van der Waals surface area contributed by atoms with Gasteiger partial charge in [-0.3, -0.25) is 0 Å². The normalized spacial score (nSPS) is 11.5. The Bertz CT molecular complexity index is 973. The molecule has 0 aliphatic carbocycles. The van der Waals surface area contributed by atoms with Crippen LogP contribution < -0.4 is 9.50 Å². The molecule has 136 valence electrons. The average Bonchev–Trinajstić information content (AvgIpc) is 3.11. The first kappa shape index (κ1) is 18.4. The summed E-state index contributed by atoms with van der Waals surface area (Å²) < 4.78 is 48.3. The van der Waals surface area contributed by atoms with Crippen molar-refractivity contribution in [2.24, 2.45) is 0 Å². The first-order valence-corrected chi connectivity index (χ1v) is 9.44. The fourth-order valence-corrected chi connectivity index (χ4v) is 3.43. The lowest BCUT2D eigenvalue weighted by Crippen LogP contribution is -2.15. The van der Waals surface area contributed by atoms with Gasteiger partial charge in [-0.05, 0) is 54.6 Å². The molecular weight excluding hydrogens is 381 g/mol. The smallest absolute Gasteiger partial charge is 0.339 e. The van der Waals surface area contributed by atoms with Crippen LogP contribution in [0.4, 0.5) is 4.39 Å². The highest BCUT2D eigenvalue weighted by Crippen LogP contribution is 2.26. The molecule has 1 aromatic heterocycles. The van der Waals surface area contributed by atoms with E-state index in [2.05, 4.69) is 5.32 Å². The predicted octanol–water partition coefficient (Wildman–Crippen LogP) is 4.13. The summed E-state index contributed by atoms with van der Waals surface area (Å²) >= 11 is 6.01. The topological polar surface area (TPSA) is 68.5 Å². The quantitative estimate of drug-likeness (QED) is 0.609. The van der Waals surface area contributed by atoms with Gasteiger partial charge >= 0.3 is 10.1 Å². The Morgan fingerprint density at radius 2 is 1.85 bits per heavy atom. The van der Waals surface area contributed by atoms with Crippen LogP contribution in [0.2, 0.25) is 5.02 Å². The van der Waals surface area contributed by atoms with Gasteiger partial charge in [0, 0.05) is 17.1 Å². The first-order valence-electron chi connectivity index (χ1n) is 7.65. The molecule has 0 saturated carbocycles. The number of benzene rings is 2. The zero-order chi connectivity index (χ0) is 18.6. The molecule has 3 rings (SSSR count). The lowest BCUT2D eigenvalue weighted by Gasteiger charge is -2.12. The lowest BCUT2D eigenvalue weighted by molar-refractivity contribution is 0.470. The van der Waals surface area contributed by atoms with Crippen molar-refractivity contribution >= 4 is 21.7 Å². The standard InChI is InChI=1S/C18H15ClFNO4S/c19-14-3-8-18(13(10-14)11-21-12-16-2-1-9-24-16)25-26(22,23)17-6-4-15(20)5-7-17/h1-10,21H,11-12H2. The van der Waals surface area contributed by atoms with Crippen molar-refractivity contribution in [3.8, 4) is 5.75 Å². The van der Waals surface area contributed by atoms with Crippen LogP contribution in [0.5, 0.6) is 5.75 Å². The van der Waals surface area contributed by atoms with E-state index in [4.69, 9.17) is 20.2 Å². The Labute approximate surface area is 155 Å². The van der Waals surface area contributed by atoms with Gasteiger partial charge in [-0.25, -0.2) is 4.39 Å². The van der Waals surface area contributed by atoms with Gasteiger partial charge in [0.2, 0.25) is 0 Å². The van der Waals surface area contributed by atoms with E-state index < -0.39 is 15.9 Å². The fourth-order valence-electron chi connectivity index (χ4n) is 2.27. The van der Waals surface area contributed by atoms with Crippen molar-refractivity contribution < 1.29 is 21.4 Å². The molecular formula is C18H15ClFNO4S. The predicted molar refractivity (Wildman–Crippen MR) is 94.9 cm³/mol. The van der Waals surface area contributed by atoms with Gasteiger partial charge in [0.05, 0.1) is 12.8 Å². The number of hydrogen-bond acceptors (Lipinski definition) is 5. The molecule has 0 aliphatic rings. The van der Waals surface area contributed by atoms with Crippen molar-refractivity contribution in [3.63, 3.8) is 0 Å². The molecule has 0 saturated heterocycles. The monoisotopic (exact) mass is 395 g/mol. The summed E-state index contributed by atoms with van der Waals surface area (Å²) in [5.41, 5.74) is 0.565. The zero-order valence-corrected chi connectivity index (χ0v) is 15.1. The maximum absolute atomic E-state index is 13.0. The molecule has 0 amide bonds. The molecule has 0 fully saturated rings. The third-order valence-electron chi connectivity index (χ3n) is 3.52. The van der Waals surface area contributed by atoms with Gasteiger partial charge in [0.25, 0.3) is 0 Å². The van der Waals surface area contributed by atoms with Gasteiger partial charge in [0.15, 0.2) is 0 Å². The second-order valence-corrected chi connectivity index (χ2v) is 7.41. The summed E-state index contributed by atoms with van der Waals surface area (Å²) in [5, 5.41) is 3.58. The summed E-state index contributed by atoms with van der Waals surface area (Å²) in [4.78, 5) is -0.136. The molecule has 0 bridgehead atoms. The minimum Gasteiger partial charge on any atom is -0.468 e. The summed E-state index contributed by atoms with van der Waals surface area (Å²) in [7, 11) is -4.09. The van der Waals surface area contributed by atoms with Gasteiger partial charge in [-0.1, -0.05) is 11.6 Å². The summed E-state index contributed by atoms with van der Waals surface area (Å²) in [6.07, 6.45) is 1.57. The molecule has 0 aliphatic heterocycles. The van der Waals surface area contributed by atoms with Crippen LogP contribution in [-0.2, 0) is 23.2 Å². The molecule has 3 aromatic rings. The zero-order valence-electron chi connectivity index (χ0n) is 13.5. The van der Waals surface area contributed by atoms with Gasteiger partial charge in [0.1, 0.15) is 22.2 Å². The van der Waals surface area contributed by atoms with Gasteiger partial charge in [-0.15, -0.1) is 0 Å². The van der Waals surface area contributed by atoms with E-state index in [1.165, 1.54) is 12.1 Å². The van der Waals surface area contributed by atoms with E-state index in [0.29, 0.717) is 23.7 Å². The summed E-state index contributed by atoms with van der Waals surface area (Å²) in [6, 6.07) is 12.6. The number of halogens is 2. The molecule has 0 atom stereocenters. The molecule has 8 heteroatoms. The largest absolute Gasteiger partial charge is 0.468 e. The Morgan fingerprint density at radius 1 is 1.08 bits per heavy atom. The molecule has 1 N–H and O–H groups in total. The maximum Gasteiger partial charge on any atom is 0.339 e. The van der Waals surface area contributed by atoms with E-state index in [1.807, 2.05) is 6.07 Å². The average molecular weight is 396 g/mol. The first-order chi connectivity index (χ1) is 12.4. The fraction of sp³-hybridized carbons (Fsp3) is 0.111. The Morgan fingerprint density at radius 3 is 2.54 bits per heavy atom. The SMILES string of the molecule is O=S(=O)(Oc1ccc(Cl)cc1CNCc1ccco1)c1ccc(F)cc1. The molecule has 2 aromatic carbocycles. The van der Waals surface area contributed by atoms with Crippen LogP contribution in [-0.4, -0.2) is 8.42 Å². The minimum atomic E-state index is -4.09. The van der Waals surface area contributed by atoms with Crippen molar-refractivity contribution in [2.45, 2.75) is 18.0 Å². The Balaban J connectivity index is 1.77. The number of hydrogen-bond donors (Lipinski definition) is 1. The summed E-state index contributed by atoms with van der Waals surface area (Å²) in [6.45, 7) is 0.777. The lowest BCUT2D eigenvalue weighted by atomic mass is 10.2. The molecule has 0 unspecified atom stereocenters. The molecule has 5 nitrogen and oxygen atoms in total. The van der Waals surface area contributed by atoms with Crippen LogP contribution >= 0.6 is 11.6 Å². The van der Waals surface area contributed by atoms with Crippen LogP contribution in [0.3, 0.4) is 0 Å². The number of nitrogens with one attached hydrogen (secondary N) is 1. The second-order valence-electron chi connectivity index (χ2n) is 5.43. The van der Waals surface area contributed by atoms with Crippen LogP contribution in [0.25, 0.3) is 0 Å². The molecule has 0 spiro atoms. The molecule has 26 heavy (non-hydrogen) atoms. The highest BCUT2D eigenvalue weighted by Gasteiger charge is 2.19. The molecule has 0 radical (unpaired) electrons. The van der Waals surface area contributed by atoms with Crippen LogP contribution in [0.15, 0.2) is 70.2 Å². The van der Waals surface area contributed by atoms with Crippen molar-refractivity contribution in [1.82, 2.24) is 5.32 Å². The summed E-state index contributed by atoms with van der Waals surface area (Å²) in [5.74, 6) is 0.359.